The third-order valence-electron chi connectivity index (χ3n) is 4.06. The summed E-state index contributed by atoms with van der Waals surface area (Å²) in [5.41, 5.74) is 0.630. The lowest BCUT2D eigenvalue weighted by molar-refractivity contribution is 0.0994. The Balaban J connectivity index is 1.75. The molecule has 8 nitrogen and oxygen atoms in total. The smallest absolute Gasteiger partial charge is 0.265 e. The van der Waals surface area contributed by atoms with E-state index in [1.165, 1.54) is 18.4 Å². The van der Waals surface area contributed by atoms with Crippen LogP contribution in [0.1, 0.15) is 29.2 Å². The van der Waals surface area contributed by atoms with Crippen LogP contribution < -0.4 is 14.2 Å². The molecule has 3 aromatic rings. The van der Waals surface area contributed by atoms with Crippen LogP contribution in [-0.4, -0.2) is 26.2 Å². The summed E-state index contributed by atoms with van der Waals surface area (Å²) in [6.07, 6.45) is -2.59. The number of nitrogens with one attached hydrogen (secondary N) is 1. The zero-order valence-electron chi connectivity index (χ0n) is 18.1. The Hall–Kier alpha value is -2.56. The maximum atomic E-state index is 13.2. The first-order chi connectivity index (χ1) is 15.0. The maximum Gasteiger partial charge on any atom is 0.265 e. The summed E-state index contributed by atoms with van der Waals surface area (Å²) in [7, 11) is -4.64. The van der Waals surface area contributed by atoms with Gasteiger partial charge in [0.2, 0.25) is 6.79 Å². The van der Waals surface area contributed by atoms with Crippen molar-refractivity contribution in [3.05, 3.63) is 50.3 Å². The van der Waals surface area contributed by atoms with Crippen LogP contribution in [0.5, 0.6) is 11.5 Å². The molecule has 2 aromatic heterocycles. The van der Waals surface area contributed by atoms with E-state index in [1.807, 2.05) is 0 Å². The summed E-state index contributed by atoms with van der Waals surface area (Å²) in [5.74, 6) is -0.906. The van der Waals surface area contributed by atoms with Gasteiger partial charge < -0.3 is 14.0 Å². The lowest BCUT2D eigenvalue weighted by Gasteiger charge is -2.09. The normalized spacial score (nSPS) is 14.9. The van der Waals surface area contributed by atoms with Crippen molar-refractivity contribution in [3.8, 4) is 11.5 Å². The number of halogens is 1. The SMILES string of the molecule is [2H]N(c1onc(C)c1Cl)S(=O)(=O)c1ccsc1C(=O)C([2H])([2H])c1cc2c(cc1C)OCO2. The summed E-state index contributed by atoms with van der Waals surface area (Å²) in [5, 5.41) is 4.68. The van der Waals surface area contributed by atoms with E-state index in [4.69, 9.17) is 29.8 Å². The van der Waals surface area contributed by atoms with Crippen molar-refractivity contribution in [2.45, 2.75) is 25.1 Å². The average Bonchev–Trinajstić information content (AvgIpc) is 3.47. The van der Waals surface area contributed by atoms with Crippen molar-refractivity contribution in [3.63, 3.8) is 0 Å². The van der Waals surface area contributed by atoms with Crippen molar-refractivity contribution in [1.29, 1.82) is 0 Å². The van der Waals surface area contributed by atoms with Gasteiger partial charge in [0.15, 0.2) is 18.7 Å². The van der Waals surface area contributed by atoms with E-state index in [0.29, 0.717) is 11.3 Å². The van der Waals surface area contributed by atoms with Gasteiger partial charge in [-0.3, -0.25) is 4.79 Å². The first-order valence-electron chi connectivity index (χ1n) is 9.60. The van der Waals surface area contributed by atoms with Crippen LogP contribution in [0, 0.1) is 13.8 Å². The van der Waals surface area contributed by atoms with Crippen LogP contribution in [0.4, 0.5) is 5.88 Å². The number of rotatable bonds is 6. The number of nitrogens with zero attached hydrogens (tertiary/aromatic N) is 1. The Morgan fingerprint density at radius 3 is 2.79 bits per heavy atom. The zero-order valence-corrected chi connectivity index (χ0v) is 17.4. The molecule has 1 N–H and O–H groups in total. The van der Waals surface area contributed by atoms with Crippen molar-refractivity contribution in [2.24, 2.45) is 0 Å². The molecule has 0 fully saturated rings. The number of benzene rings is 1. The van der Waals surface area contributed by atoms with E-state index in [2.05, 4.69) is 5.16 Å². The monoisotopic (exact) mass is 457 g/mol. The Morgan fingerprint density at radius 2 is 2.10 bits per heavy atom. The number of hydrogen-bond acceptors (Lipinski definition) is 8. The van der Waals surface area contributed by atoms with Gasteiger partial charge >= 0.3 is 0 Å². The molecule has 1 aliphatic rings. The van der Waals surface area contributed by atoms with Crippen LogP contribution in [0.3, 0.4) is 0 Å². The molecular weight excluding hydrogens is 440 g/mol. The average molecular weight is 458 g/mol. The second-order valence-corrected chi connectivity index (χ2v) is 8.91. The van der Waals surface area contributed by atoms with Gasteiger partial charge in [-0.1, -0.05) is 16.8 Å². The van der Waals surface area contributed by atoms with Gasteiger partial charge in [-0.15, -0.1) is 11.3 Å². The van der Waals surface area contributed by atoms with E-state index in [0.717, 1.165) is 17.4 Å². The Labute approximate surface area is 179 Å². The number of fused-ring (bicyclic) bond motifs is 1. The highest BCUT2D eigenvalue weighted by Crippen LogP contribution is 2.36. The molecular formula is C18H15ClN2O6S2. The number of thiophene rings is 1. The first kappa shape index (κ1) is 16.3. The fourth-order valence-electron chi connectivity index (χ4n) is 2.59. The third kappa shape index (κ3) is 3.70. The van der Waals surface area contributed by atoms with Crippen LogP contribution in [-0.2, 0) is 16.4 Å². The number of Topliss-reactive ketones (excluding diaryl/α,β-unsaturated/α-hetero) is 1. The van der Waals surface area contributed by atoms with Gasteiger partial charge in [0.25, 0.3) is 15.9 Å². The van der Waals surface area contributed by atoms with Gasteiger partial charge in [0.05, 0.1) is 4.88 Å². The predicted octanol–water partition coefficient (Wildman–Crippen LogP) is 3.96. The van der Waals surface area contributed by atoms with Crippen LogP contribution in [0.25, 0.3) is 0 Å². The van der Waals surface area contributed by atoms with Gasteiger partial charge in [0.1, 0.15) is 15.6 Å². The first-order valence-corrected chi connectivity index (χ1v) is 10.8. The molecule has 0 bridgehead atoms. The van der Waals surface area contributed by atoms with E-state index in [9.17, 15) is 13.2 Å². The number of sulfonamides is 1. The van der Waals surface area contributed by atoms with E-state index in [-0.39, 0.29) is 38.4 Å². The highest BCUT2D eigenvalue weighted by atomic mass is 35.5. The molecule has 4 rings (SSSR count). The standard InChI is InChI=1S/C18H15ClN2O6S2/c1-9-5-13-14(26-8-25-13)7-11(9)6-12(22)17-15(3-4-28-17)29(23,24)21-18-16(19)10(2)20-27-18/h3-5,7,21H,6,8H2,1-2H3/i6D2/hD. The van der Waals surface area contributed by atoms with E-state index < -0.39 is 33.0 Å². The highest BCUT2D eigenvalue weighted by Gasteiger charge is 2.27. The van der Waals surface area contributed by atoms with Crippen LogP contribution in [0.2, 0.25) is 6.43 Å². The molecule has 0 spiro atoms. The quantitative estimate of drug-likeness (QED) is 0.558. The Bertz CT molecular complexity index is 1340. The van der Waals surface area contributed by atoms with Gasteiger partial charge in [-0.2, -0.15) is 0 Å². The number of carbonyl (C=O) groups excluding carboxylic acids is 1. The Morgan fingerprint density at radius 1 is 1.38 bits per heavy atom. The molecule has 0 saturated heterocycles. The molecule has 0 atom stereocenters. The predicted molar refractivity (Wildman–Crippen MR) is 107 cm³/mol. The second-order valence-electron chi connectivity index (χ2n) is 6.04. The topological polar surface area (TPSA) is 108 Å². The van der Waals surface area contributed by atoms with Crippen molar-refractivity contribution in [2.75, 3.05) is 11.5 Å². The summed E-state index contributed by atoms with van der Waals surface area (Å²) >= 11 is 6.71. The van der Waals surface area contributed by atoms with Gasteiger partial charge in [0, 0.05) is 9.11 Å². The lowest BCUT2D eigenvalue weighted by Crippen LogP contribution is -2.16. The maximum absolute atomic E-state index is 13.2. The van der Waals surface area contributed by atoms with Crippen LogP contribution in [0.15, 0.2) is 33.0 Å². The van der Waals surface area contributed by atoms with Crippen molar-refractivity contribution in [1.82, 2.24) is 5.16 Å². The molecule has 0 saturated carbocycles. The molecule has 1 aliphatic heterocycles. The number of aryl methyl sites for hydroxylation is 2. The minimum atomic E-state index is -4.64. The van der Waals surface area contributed by atoms with E-state index >= 15 is 0 Å². The molecule has 0 unspecified atom stereocenters. The minimum Gasteiger partial charge on any atom is -0.454 e. The molecule has 152 valence electrons. The number of aromatic nitrogens is 1. The molecule has 0 amide bonds. The number of hydrogen-bond donors (Lipinski definition) is 1. The fraction of sp³-hybridized carbons (Fsp3) is 0.222. The zero-order chi connectivity index (χ0) is 23.4. The highest BCUT2D eigenvalue weighted by molar-refractivity contribution is 7.93. The number of carbonyl (C=O) groups is 1. The minimum absolute atomic E-state index is 0.0140. The largest absolute Gasteiger partial charge is 0.454 e. The van der Waals surface area contributed by atoms with Crippen molar-refractivity contribution >= 4 is 44.6 Å². The summed E-state index contributed by atoms with van der Waals surface area (Å²) in [6.45, 7) is 3.05. The third-order valence-corrected chi connectivity index (χ3v) is 6.84. The summed E-state index contributed by atoms with van der Waals surface area (Å²) < 4.78 is 66.5. The van der Waals surface area contributed by atoms with Crippen LogP contribution >= 0.6 is 22.9 Å². The molecule has 0 aliphatic carbocycles. The summed E-state index contributed by atoms with van der Waals surface area (Å²) in [6, 6.07) is 4.04. The molecule has 1 aromatic carbocycles. The number of ketones is 1. The van der Waals surface area contributed by atoms with E-state index in [1.54, 1.807) is 13.0 Å². The molecule has 29 heavy (non-hydrogen) atoms. The Kier molecular flexibility index (Phi) is 4.13. The van der Waals surface area contributed by atoms with Crippen molar-refractivity contribution < 1.29 is 31.4 Å². The molecule has 0 radical (unpaired) electrons. The summed E-state index contributed by atoms with van der Waals surface area (Å²) in [4.78, 5) is 12.3. The lowest BCUT2D eigenvalue weighted by atomic mass is 10.0. The number of anilines is 1. The molecule has 3 heterocycles. The second kappa shape index (κ2) is 7.36. The fourth-order valence-corrected chi connectivity index (χ4v) is 4.98. The van der Waals surface area contributed by atoms with Gasteiger partial charge in [-0.05, 0) is 48.6 Å². The molecule has 11 heteroatoms. The number of ether oxygens (including phenoxy) is 2. The van der Waals surface area contributed by atoms with Gasteiger partial charge in [-0.25, -0.2) is 13.1 Å².